The molecule has 0 radical (unpaired) electrons. The SMILES string of the molecule is Cc1c(/C=N\Nc2ccc(F)cc2)cc(C#N)n1C. The molecule has 0 saturated carbocycles. The van der Waals surface area contributed by atoms with E-state index < -0.39 is 0 Å². The Balaban J connectivity index is 2.11. The Morgan fingerprint density at radius 1 is 1.37 bits per heavy atom. The summed E-state index contributed by atoms with van der Waals surface area (Å²) in [5.41, 5.74) is 5.92. The van der Waals surface area contributed by atoms with Crippen molar-refractivity contribution >= 4 is 11.9 Å². The third-order valence-corrected chi connectivity index (χ3v) is 2.93. The van der Waals surface area contributed by atoms with Gasteiger partial charge in [0.1, 0.15) is 17.6 Å². The minimum atomic E-state index is -0.285. The molecule has 0 unspecified atom stereocenters. The number of aromatic nitrogens is 1. The summed E-state index contributed by atoms with van der Waals surface area (Å²) in [7, 11) is 1.83. The normalized spacial score (nSPS) is 10.6. The van der Waals surface area contributed by atoms with Gasteiger partial charge in [-0.05, 0) is 37.3 Å². The van der Waals surface area contributed by atoms with Crippen molar-refractivity contribution in [1.82, 2.24) is 4.57 Å². The van der Waals surface area contributed by atoms with Crippen LogP contribution in [0.5, 0.6) is 0 Å². The van der Waals surface area contributed by atoms with Crippen molar-refractivity contribution in [2.75, 3.05) is 5.43 Å². The van der Waals surface area contributed by atoms with Gasteiger partial charge < -0.3 is 4.57 Å². The highest BCUT2D eigenvalue weighted by atomic mass is 19.1. The van der Waals surface area contributed by atoms with Crippen LogP contribution in [0.15, 0.2) is 35.4 Å². The van der Waals surface area contributed by atoms with Gasteiger partial charge in [0, 0.05) is 18.3 Å². The number of nitrogens with zero attached hydrogens (tertiary/aromatic N) is 3. The van der Waals surface area contributed by atoms with E-state index in [9.17, 15) is 4.39 Å². The topological polar surface area (TPSA) is 53.1 Å². The number of benzene rings is 1. The molecule has 1 N–H and O–H groups in total. The molecule has 0 amide bonds. The molecule has 0 saturated heterocycles. The van der Waals surface area contributed by atoms with Crippen LogP contribution < -0.4 is 5.43 Å². The van der Waals surface area contributed by atoms with Crippen LogP contribution in [0.25, 0.3) is 0 Å². The van der Waals surface area contributed by atoms with E-state index in [-0.39, 0.29) is 5.82 Å². The Hall–Kier alpha value is -2.61. The Morgan fingerprint density at radius 2 is 2.05 bits per heavy atom. The van der Waals surface area contributed by atoms with E-state index >= 15 is 0 Å². The standard InChI is InChI=1S/C14H13FN4/c1-10-11(7-14(8-16)19(10)2)9-17-18-13-5-3-12(15)4-6-13/h3-7,9,18H,1-2H3/b17-9-. The summed E-state index contributed by atoms with van der Waals surface area (Å²) in [6, 6.07) is 9.80. The fraction of sp³-hybridized carbons (Fsp3) is 0.143. The third kappa shape index (κ3) is 2.80. The first-order chi connectivity index (χ1) is 9.11. The molecule has 19 heavy (non-hydrogen) atoms. The van der Waals surface area contributed by atoms with Crippen LogP contribution in [-0.4, -0.2) is 10.8 Å². The van der Waals surface area contributed by atoms with Crippen LogP contribution in [-0.2, 0) is 7.05 Å². The largest absolute Gasteiger partial charge is 0.339 e. The molecule has 5 heteroatoms. The molecule has 1 heterocycles. The molecule has 2 aromatic rings. The van der Waals surface area contributed by atoms with Gasteiger partial charge in [0.2, 0.25) is 0 Å². The number of hydrazone groups is 1. The second kappa shape index (κ2) is 5.36. The molecular weight excluding hydrogens is 243 g/mol. The van der Waals surface area contributed by atoms with Crippen molar-refractivity contribution in [3.63, 3.8) is 0 Å². The first kappa shape index (κ1) is 12.8. The van der Waals surface area contributed by atoms with Crippen molar-refractivity contribution in [1.29, 1.82) is 5.26 Å². The van der Waals surface area contributed by atoms with Crippen LogP contribution in [0.4, 0.5) is 10.1 Å². The van der Waals surface area contributed by atoms with E-state index in [1.54, 1.807) is 29.0 Å². The van der Waals surface area contributed by atoms with Gasteiger partial charge >= 0.3 is 0 Å². The van der Waals surface area contributed by atoms with E-state index in [0.717, 1.165) is 11.3 Å². The number of nitrogens with one attached hydrogen (secondary N) is 1. The quantitative estimate of drug-likeness (QED) is 0.678. The van der Waals surface area contributed by atoms with Crippen LogP contribution in [0.2, 0.25) is 0 Å². The maximum absolute atomic E-state index is 12.7. The van der Waals surface area contributed by atoms with Crippen LogP contribution in [0.3, 0.4) is 0 Å². The van der Waals surface area contributed by atoms with E-state index in [4.69, 9.17) is 5.26 Å². The fourth-order valence-electron chi connectivity index (χ4n) is 1.66. The molecule has 0 aliphatic rings. The Labute approximate surface area is 110 Å². The fourth-order valence-corrected chi connectivity index (χ4v) is 1.66. The maximum atomic E-state index is 12.7. The van der Waals surface area contributed by atoms with Crippen molar-refractivity contribution in [2.45, 2.75) is 6.92 Å². The highest BCUT2D eigenvalue weighted by Gasteiger charge is 2.06. The van der Waals surface area contributed by atoms with Gasteiger partial charge in [-0.15, -0.1) is 0 Å². The minimum Gasteiger partial charge on any atom is -0.339 e. The van der Waals surface area contributed by atoms with Crippen molar-refractivity contribution in [3.05, 3.63) is 53.1 Å². The minimum absolute atomic E-state index is 0.285. The summed E-state index contributed by atoms with van der Waals surface area (Å²) in [4.78, 5) is 0. The third-order valence-electron chi connectivity index (χ3n) is 2.93. The smallest absolute Gasteiger partial charge is 0.123 e. The summed E-state index contributed by atoms with van der Waals surface area (Å²) in [5, 5.41) is 13.0. The zero-order valence-corrected chi connectivity index (χ0v) is 10.7. The van der Waals surface area contributed by atoms with Crippen LogP contribution in [0, 0.1) is 24.1 Å². The van der Waals surface area contributed by atoms with E-state index in [0.29, 0.717) is 11.4 Å². The van der Waals surface area contributed by atoms with Crippen molar-refractivity contribution in [2.24, 2.45) is 12.1 Å². The Bertz CT molecular complexity index is 647. The van der Waals surface area contributed by atoms with E-state index in [1.165, 1.54) is 12.1 Å². The first-order valence-corrected chi connectivity index (χ1v) is 5.73. The van der Waals surface area contributed by atoms with Gasteiger partial charge in [-0.3, -0.25) is 5.43 Å². The second-order valence-electron chi connectivity index (χ2n) is 4.12. The predicted octanol–water partition coefficient (Wildman–Crippen LogP) is 2.79. The molecule has 0 aliphatic carbocycles. The predicted molar refractivity (Wildman–Crippen MR) is 72.5 cm³/mol. The lowest BCUT2D eigenvalue weighted by molar-refractivity contribution is 0.628. The molecule has 1 aromatic heterocycles. The molecule has 0 bridgehead atoms. The van der Waals surface area contributed by atoms with Gasteiger partial charge in [-0.1, -0.05) is 0 Å². The number of hydrogen-bond donors (Lipinski definition) is 1. The molecule has 0 aliphatic heterocycles. The van der Waals surface area contributed by atoms with Gasteiger partial charge in [0.05, 0.1) is 11.9 Å². The molecule has 0 fully saturated rings. The van der Waals surface area contributed by atoms with Crippen LogP contribution in [0.1, 0.15) is 17.0 Å². The zero-order valence-electron chi connectivity index (χ0n) is 10.7. The number of anilines is 1. The van der Waals surface area contributed by atoms with E-state index in [2.05, 4.69) is 16.6 Å². The molecule has 2 rings (SSSR count). The Kier molecular flexibility index (Phi) is 3.62. The average Bonchev–Trinajstić information content (AvgIpc) is 2.69. The second-order valence-corrected chi connectivity index (χ2v) is 4.12. The van der Waals surface area contributed by atoms with Gasteiger partial charge in [0.15, 0.2) is 0 Å². The number of hydrogen-bond acceptors (Lipinski definition) is 3. The zero-order chi connectivity index (χ0) is 13.8. The van der Waals surface area contributed by atoms with Gasteiger partial charge in [-0.2, -0.15) is 10.4 Å². The summed E-state index contributed by atoms with van der Waals surface area (Å²) < 4.78 is 14.5. The average molecular weight is 256 g/mol. The first-order valence-electron chi connectivity index (χ1n) is 5.73. The lowest BCUT2D eigenvalue weighted by Crippen LogP contribution is -1.95. The summed E-state index contributed by atoms with van der Waals surface area (Å²) >= 11 is 0. The summed E-state index contributed by atoms with van der Waals surface area (Å²) in [5.74, 6) is -0.285. The van der Waals surface area contributed by atoms with Gasteiger partial charge in [0.25, 0.3) is 0 Å². The lowest BCUT2D eigenvalue weighted by atomic mass is 10.3. The van der Waals surface area contributed by atoms with E-state index in [1.807, 2.05) is 14.0 Å². The highest BCUT2D eigenvalue weighted by molar-refractivity contribution is 5.82. The molecule has 1 aromatic carbocycles. The van der Waals surface area contributed by atoms with Gasteiger partial charge in [-0.25, -0.2) is 4.39 Å². The molecule has 0 atom stereocenters. The molecule has 96 valence electrons. The molecule has 0 spiro atoms. The lowest BCUT2D eigenvalue weighted by Gasteiger charge is -1.99. The van der Waals surface area contributed by atoms with Crippen LogP contribution >= 0.6 is 0 Å². The molecular formula is C14H13FN4. The van der Waals surface area contributed by atoms with Crippen molar-refractivity contribution < 1.29 is 4.39 Å². The number of nitriles is 1. The van der Waals surface area contributed by atoms with Crippen molar-refractivity contribution in [3.8, 4) is 6.07 Å². The number of rotatable bonds is 3. The number of halogens is 1. The monoisotopic (exact) mass is 256 g/mol. The summed E-state index contributed by atoms with van der Waals surface area (Å²) in [6.07, 6.45) is 1.64. The maximum Gasteiger partial charge on any atom is 0.123 e. The summed E-state index contributed by atoms with van der Waals surface area (Å²) in [6.45, 7) is 1.92. The molecule has 4 nitrogen and oxygen atoms in total. The highest BCUT2D eigenvalue weighted by Crippen LogP contribution is 2.12. The Morgan fingerprint density at radius 3 is 2.63 bits per heavy atom.